The molecule has 2 heterocycles. The summed E-state index contributed by atoms with van der Waals surface area (Å²) in [5.74, 6) is 0.177. The van der Waals surface area contributed by atoms with Crippen LogP contribution in [0.1, 0.15) is 16.1 Å². The molecule has 130 valence electrons. The summed E-state index contributed by atoms with van der Waals surface area (Å²) < 4.78 is 0. The van der Waals surface area contributed by atoms with E-state index in [1.165, 1.54) is 5.56 Å². The predicted molar refractivity (Wildman–Crippen MR) is 104 cm³/mol. The van der Waals surface area contributed by atoms with E-state index in [4.69, 9.17) is 23.2 Å². The van der Waals surface area contributed by atoms with Gasteiger partial charge in [-0.05, 0) is 42.3 Å². The smallest absolute Gasteiger partial charge is 0.274 e. The molecular formula is C19H14Cl2N4O. The minimum absolute atomic E-state index is 0.283. The lowest BCUT2D eigenvalue weighted by Gasteiger charge is -2.17. The Labute approximate surface area is 160 Å². The van der Waals surface area contributed by atoms with Crippen molar-refractivity contribution < 1.29 is 4.79 Å². The minimum atomic E-state index is -0.334. The maximum absolute atomic E-state index is 12.5. The molecular weight excluding hydrogens is 371 g/mol. The normalized spacial score (nSPS) is 12.8. The lowest BCUT2D eigenvalue weighted by atomic mass is 10.2. The Balaban J connectivity index is 1.58. The molecule has 1 aliphatic heterocycles. The van der Waals surface area contributed by atoms with Crippen molar-refractivity contribution in [2.45, 2.75) is 6.42 Å². The molecule has 0 unspecified atom stereocenters. The number of halogens is 2. The van der Waals surface area contributed by atoms with Crippen molar-refractivity contribution in [3.05, 3.63) is 76.0 Å². The van der Waals surface area contributed by atoms with Gasteiger partial charge >= 0.3 is 0 Å². The number of hydrogen-bond donors (Lipinski definition) is 1. The molecule has 0 fully saturated rings. The Bertz CT molecular complexity index is 993. The third-order valence-electron chi connectivity index (χ3n) is 4.18. The Morgan fingerprint density at radius 3 is 2.77 bits per heavy atom. The molecule has 1 aliphatic rings. The molecule has 0 aliphatic carbocycles. The second-order valence-corrected chi connectivity index (χ2v) is 6.67. The van der Waals surface area contributed by atoms with Crippen molar-refractivity contribution in [1.29, 1.82) is 0 Å². The lowest BCUT2D eigenvalue weighted by Crippen LogP contribution is -2.20. The Kier molecular flexibility index (Phi) is 4.49. The summed E-state index contributed by atoms with van der Waals surface area (Å²) in [6.07, 6.45) is 2.52. The maximum atomic E-state index is 12.5. The van der Waals surface area contributed by atoms with Gasteiger partial charge in [0.05, 0.1) is 10.0 Å². The van der Waals surface area contributed by atoms with Gasteiger partial charge in [0.2, 0.25) is 5.95 Å². The molecule has 0 atom stereocenters. The van der Waals surface area contributed by atoms with E-state index in [0.717, 1.165) is 18.7 Å². The van der Waals surface area contributed by atoms with Crippen LogP contribution >= 0.6 is 23.2 Å². The number of amides is 1. The van der Waals surface area contributed by atoms with Crippen LogP contribution in [0.25, 0.3) is 0 Å². The van der Waals surface area contributed by atoms with E-state index in [-0.39, 0.29) is 11.6 Å². The van der Waals surface area contributed by atoms with E-state index in [1.54, 1.807) is 30.5 Å². The highest BCUT2D eigenvalue weighted by Crippen LogP contribution is 2.32. The number of fused-ring (bicyclic) bond motifs is 1. The third kappa shape index (κ3) is 3.23. The first-order valence-electron chi connectivity index (χ1n) is 8.07. The van der Waals surface area contributed by atoms with Crippen LogP contribution in [0.4, 0.5) is 17.3 Å². The second kappa shape index (κ2) is 6.94. The van der Waals surface area contributed by atoms with Crippen LogP contribution in [0.3, 0.4) is 0 Å². The van der Waals surface area contributed by atoms with Gasteiger partial charge in [-0.25, -0.2) is 9.97 Å². The van der Waals surface area contributed by atoms with Crippen LogP contribution in [0, 0.1) is 0 Å². The molecule has 0 bridgehead atoms. The van der Waals surface area contributed by atoms with Crippen LogP contribution in [0.5, 0.6) is 0 Å². The quantitative estimate of drug-likeness (QED) is 0.708. The van der Waals surface area contributed by atoms with Gasteiger partial charge in [-0.15, -0.1) is 0 Å². The number of carbonyl (C=O) groups excluding carboxylic acids is 1. The Hall–Kier alpha value is -2.63. The number of para-hydroxylation sites is 1. The van der Waals surface area contributed by atoms with Crippen molar-refractivity contribution in [3.63, 3.8) is 0 Å². The number of rotatable bonds is 3. The SMILES string of the molecule is O=C(Nc1ccc(Cl)c(Cl)c1)c1ccnc(N2CCc3ccccc32)n1. The first kappa shape index (κ1) is 16.8. The summed E-state index contributed by atoms with van der Waals surface area (Å²) in [4.78, 5) is 23.3. The van der Waals surface area contributed by atoms with Gasteiger partial charge in [-0.3, -0.25) is 4.79 Å². The van der Waals surface area contributed by atoms with Gasteiger partial charge < -0.3 is 10.2 Å². The third-order valence-corrected chi connectivity index (χ3v) is 4.92. The molecule has 1 aromatic heterocycles. The highest BCUT2D eigenvalue weighted by molar-refractivity contribution is 6.42. The zero-order valence-electron chi connectivity index (χ0n) is 13.6. The molecule has 2 aromatic carbocycles. The molecule has 4 rings (SSSR count). The molecule has 7 heteroatoms. The van der Waals surface area contributed by atoms with E-state index < -0.39 is 0 Å². The molecule has 5 nitrogen and oxygen atoms in total. The van der Waals surface area contributed by atoms with Gasteiger partial charge in [0.1, 0.15) is 5.69 Å². The Morgan fingerprint density at radius 2 is 1.92 bits per heavy atom. The number of nitrogens with zero attached hydrogens (tertiary/aromatic N) is 3. The second-order valence-electron chi connectivity index (χ2n) is 5.86. The van der Waals surface area contributed by atoms with Gasteiger partial charge in [0.15, 0.2) is 0 Å². The Morgan fingerprint density at radius 1 is 1.08 bits per heavy atom. The highest BCUT2D eigenvalue weighted by atomic mass is 35.5. The average Bonchev–Trinajstić information content (AvgIpc) is 3.09. The zero-order valence-corrected chi connectivity index (χ0v) is 15.1. The van der Waals surface area contributed by atoms with Crippen molar-refractivity contribution in [1.82, 2.24) is 9.97 Å². The van der Waals surface area contributed by atoms with Gasteiger partial charge in [-0.2, -0.15) is 0 Å². The van der Waals surface area contributed by atoms with Crippen LogP contribution in [-0.4, -0.2) is 22.4 Å². The topological polar surface area (TPSA) is 58.1 Å². The number of hydrogen-bond acceptors (Lipinski definition) is 4. The summed E-state index contributed by atoms with van der Waals surface area (Å²) in [6, 6.07) is 14.6. The highest BCUT2D eigenvalue weighted by Gasteiger charge is 2.22. The van der Waals surface area contributed by atoms with E-state index in [0.29, 0.717) is 21.7 Å². The molecule has 3 aromatic rings. The number of nitrogens with one attached hydrogen (secondary N) is 1. The summed E-state index contributed by atoms with van der Waals surface area (Å²) in [6.45, 7) is 0.789. The summed E-state index contributed by atoms with van der Waals surface area (Å²) in [5.41, 5.74) is 3.16. The fraction of sp³-hybridized carbons (Fsp3) is 0.105. The number of aromatic nitrogens is 2. The molecule has 1 amide bonds. The standard InChI is InChI=1S/C19H14Cl2N4O/c20-14-6-5-13(11-15(14)21)23-18(26)16-7-9-22-19(24-16)25-10-8-12-3-1-2-4-17(12)25/h1-7,9,11H,8,10H2,(H,23,26). The van der Waals surface area contributed by atoms with Crippen LogP contribution in [0.2, 0.25) is 10.0 Å². The summed E-state index contributed by atoms with van der Waals surface area (Å²) in [7, 11) is 0. The van der Waals surface area contributed by atoms with Crippen molar-refractivity contribution in [3.8, 4) is 0 Å². The molecule has 0 radical (unpaired) electrons. The van der Waals surface area contributed by atoms with Gasteiger partial charge in [0, 0.05) is 24.1 Å². The van der Waals surface area contributed by atoms with E-state index in [2.05, 4.69) is 21.4 Å². The van der Waals surface area contributed by atoms with Crippen LogP contribution in [-0.2, 0) is 6.42 Å². The predicted octanol–water partition coefficient (Wildman–Crippen LogP) is 4.73. The fourth-order valence-corrected chi connectivity index (χ4v) is 3.22. The minimum Gasteiger partial charge on any atom is -0.321 e. The van der Waals surface area contributed by atoms with E-state index in [1.807, 2.05) is 23.1 Å². The zero-order chi connectivity index (χ0) is 18.1. The molecule has 0 saturated carbocycles. The molecule has 1 N–H and O–H groups in total. The summed E-state index contributed by atoms with van der Waals surface area (Å²) >= 11 is 11.9. The number of carbonyl (C=O) groups is 1. The number of anilines is 3. The van der Waals surface area contributed by atoms with Gasteiger partial charge in [0.25, 0.3) is 5.91 Å². The van der Waals surface area contributed by atoms with E-state index in [9.17, 15) is 4.79 Å². The summed E-state index contributed by atoms with van der Waals surface area (Å²) in [5, 5.41) is 3.58. The molecule has 26 heavy (non-hydrogen) atoms. The monoisotopic (exact) mass is 384 g/mol. The average molecular weight is 385 g/mol. The van der Waals surface area contributed by atoms with Crippen molar-refractivity contribution in [2.75, 3.05) is 16.8 Å². The lowest BCUT2D eigenvalue weighted by molar-refractivity contribution is 0.102. The van der Waals surface area contributed by atoms with Crippen LogP contribution in [0.15, 0.2) is 54.7 Å². The van der Waals surface area contributed by atoms with E-state index >= 15 is 0 Å². The first-order valence-corrected chi connectivity index (χ1v) is 8.82. The fourth-order valence-electron chi connectivity index (χ4n) is 2.92. The molecule has 0 spiro atoms. The maximum Gasteiger partial charge on any atom is 0.274 e. The number of benzene rings is 2. The van der Waals surface area contributed by atoms with Crippen molar-refractivity contribution in [2.24, 2.45) is 0 Å². The molecule has 0 saturated heterocycles. The van der Waals surface area contributed by atoms with Crippen molar-refractivity contribution >= 4 is 46.4 Å². The first-order chi connectivity index (χ1) is 12.6. The largest absolute Gasteiger partial charge is 0.321 e. The van der Waals surface area contributed by atoms with Crippen LogP contribution < -0.4 is 10.2 Å². The van der Waals surface area contributed by atoms with Gasteiger partial charge in [-0.1, -0.05) is 41.4 Å².